The van der Waals surface area contributed by atoms with E-state index in [-0.39, 0.29) is 11.9 Å². The molecule has 0 unspecified atom stereocenters. The Balaban J connectivity index is 1.54. The highest BCUT2D eigenvalue weighted by atomic mass is 16.2. The molecule has 128 valence electrons. The molecule has 0 atom stereocenters. The van der Waals surface area contributed by atoms with Gasteiger partial charge in [-0.2, -0.15) is 4.98 Å². The summed E-state index contributed by atoms with van der Waals surface area (Å²) in [6, 6.07) is 13.9. The second kappa shape index (κ2) is 6.55. The number of hydrogen-bond donors (Lipinski definition) is 1. The fourth-order valence-electron chi connectivity index (χ4n) is 3.36. The van der Waals surface area contributed by atoms with Crippen LogP contribution in [0.5, 0.6) is 0 Å². The summed E-state index contributed by atoms with van der Waals surface area (Å²) < 4.78 is 1.74. The van der Waals surface area contributed by atoms with Crippen LogP contribution in [0, 0.1) is 0 Å². The van der Waals surface area contributed by atoms with E-state index in [1.807, 2.05) is 47.4 Å². The standard InChI is InChI=1S/C19H21N5O/c20-19-21-17-6-4-5-16(24(17)22-19)15-9-7-14(8-10-15)13-18(25)23-11-2-1-3-12-23/h4-10H,1-3,11-13H2,(H2,20,22). The van der Waals surface area contributed by atoms with E-state index < -0.39 is 0 Å². The minimum Gasteiger partial charge on any atom is -0.366 e. The van der Waals surface area contributed by atoms with Crippen LogP contribution in [0.2, 0.25) is 0 Å². The van der Waals surface area contributed by atoms with Gasteiger partial charge in [-0.25, -0.2) is 4.52 Å². The van der Waals surface area contributed by atoms with Crippen LogP contribution in [0.1, 0.15) is 24.8 Å². The van der Waals surface area contributed by atoms with Gasteiger partial charge >= 0.3 is 0 Å². The van der Waals surface area contributed by atoms with Gasteiger partial charge in [0, 0.05) is 18.7 Å². The molecule has 0 radical (unpaired) electrons. The maximum absolute atomic E-state index is 12.4. The van der Waals surface area contributed by atoms with Crippen LogP contribution >= 0.6 is 0 Å². The first-order valence-electron chi connectivity index (χ1n) is 8.69. The SMILES string of the molecule is Nc1nc2cccc(-c3ccc(CC(=O)N4CCCCC4)cc3)n2n1. The lowest BCUT2D eigenvalue weighted by atomic mass is 10.0. The number of piperidine rings is 1. The summed E-state index contributed by atoms with van der Waals surface area (Å²) in [5.41, 5.74) is 9.40. The van der Waals surface area contributed by atoms with Crippen molar-refractivity contribution in [3.63, 3.8) is 0 Å². The number of pyridine rings is 1. The molecule has 6 nitrogen and oxygen atoms in total. The van der Waals surface area contributed by atoms with Gasteiger partial charge in [-0.15, -0.1) is 5.10 Å². The van der Waals surface area contributed by atoms with Crippen LogP contribution in [0.4, 0.5) is 5.95 Å². The van der Waals surface area contributed by atoms with E-state index in [0.717, 1.165) is 48.4 Å². The molecule has 1 fully saturated rings. The van der Waals surface area contributed by atoms with Gasteiger partial charge in [0.1, 0.15) is 0 Å². The van der Waals surface area contributed by atoms with E-state index in [4.69, 9.17) is 5.73 Å². The van der Waals surface area contributed by atoms with Crippen LogP contribution < -0.4 is 5.73 Å². The summed E-state index contributed by atoms with van der Waals surface area (Å²) in [7, 11) is 0. The van der Waals surface area contributed by atoms with Crippen LogP contribution in [-0.2, 0) is 11.2 Å². The van der Waals surface area contributed by atoms with Gasteiger partial charge in [0.15, 0.2) is 5.65 Å². The maximum Gasteiger partial charge on any atom is 0.240 e. The molecule has 2 N–H and O–H groups in total. The predicted molar refractivity (Wildman–Crippen MR) is 97.0 cm³/mol. The Morgan fingerprint density at radius 1 is 1.04 bits per heavy atom. The van der Waals surface area contributed by atoms with E-state index in [0.29, 0.717) is 6.42 Å². The zero-order valence-electron chi connectivity index (χ0n) is 14.1. The highest BCUT2D eigenvalue weighted by Gasteiger charge is 2.16. The Morgan fingerprint density at radius 2 is 1.80 bits per heavy atom. The Hall–Kier alpha value is -2.89. The lowest BCUT2D eigenvalue weighted by molar-refractivity contribution is -0.131. The molecule has 1 aliphatic heterocycles. The molecular weight excluding hydrogens is 314 g/mol. The fourth-order valence-corrected chi connectivity index (χ4v) is 3.36. The second-order valence-electron chi connectivity index (χ2n) is 6.47. The first-order valence-corrected chi connectivity index (χ1v) is 8.69. The lowest BCUT2D eigenvalue weighted by Gasteiger charge is -2.26. The number of nitrogen functional groups attached to an aromatic ring is 1. The molecule has 6 heteroatoms. The summed E-state index contributed by atoms with van der Waals surface area (Å²) in [4.78, 5) is 18.6. The third kappa shape index (κ3) is 3.20. The quantitative estimate of drug-likeness (QED) is 0.798. The number of nitrogens with zero attached hydrogens (tertiary/aromatic N) is 4. The van der Waals surface area contributed by atoms with Gasteiger partial charge in [0.05, 0.1) is 12.1 Å². The number of fused-ring (bicyclic) bond motifs is 1. The molecule has 1 saturated heterocycles. The molecule has 4 rings (SSSR count). The van der Waals surface area contributed by atoms with Crippen LogP contribution in [-0.4, -0.2) is 38.5 Å². The molecule has 25 heavy (non-hydrogen) atoms. The molecule has 1 amide bonds. The van der Waals surface area contributed by atoms with E-state index >= 15 is 0 Å². The van der Waals surface area contributed by atoms with Gasteiger partial charge in [-0.1, -0.05) is 30.3 Å². The fraction of sp³-hybridized carbons (Fsp3) is 0.316. The molecule has 3 aromatic rings. The molecule has 1 aromatic carbocycles. The average Bonchev–Trinajstić information content (AvgIpc) is 3.03. The molecule has 0 saturated carbocycles. The van der Waals surface area contributed by atoms with Crippen LogP contribution in [0.15, 0.2) is 42.5 Å². The van der Waals surface area contributed by atoms with Gasteiger partial charge in [0.25, 0.3) is 0 Å². The number of nitrogens with two attached hydrogens (primary N) is 1. The van der Waals surface area contributed by atoms with Crippen molar-refractivity contribution in [2.24, 2.45) is 0 Å². The van der Waals surface area contributed by atoms with Gasteiger partial charge < -0.3 is 10.6 Å². The number of anilines is 1. The van der Waals surface area contributed by atoms with Crippen molar-refractivity contribution in [3.8, 4) is 11.3 Å². The number of likely N-dealkylation sites (tertiary alicyclic amines) is 1. The lowest BCUT2D eigenvalue weighted by Crippen LogP contribution is -2.36. The number of hydrogen-bond acceptors (Lipinski definition) is 4. The topological polar surface area (TPSA) is 76.5 Å². The van der Waals surface area contributed by atoms with E-state index in [9.17, 15) is 4.79 Å². The maximum atomic E-state index is 12.4. The summed E-state index contributed by atoms with van der Waals surface area (Å²) in [5.74, 6) is 0.481. The van der Waals surface area contributed by atoms with Crippen molar-refractivity contribution in [2.45, 2.75) is 25.7 Å². The van der Waals surface area contributed by atoms with Crippen molar-refractivity contribution in [3.05, 3.63) is 48.0 Å². The van der Waals surface area contributed by atoms with Crippen molar-refractivity contribution in [1.82, 2.24) is 19.5 Å². The van der Waals surface area contributed by atoms with Crippen LogP contribution in [0.25, 0.3) is 16.9 Å². The van der Waals surface area contributed by atoms with E-state index in [2.05, 4.69) is 10.1 Å². The average molecular weight is 335 g/mol. The summed E-state index contributed by atoms with van der Waals surface area (Å²) in [6.07, 6.45) is 3.93. The highest BCUT2D eigenvalue weighted by molar-refractivity contribution is 5.79. The van der Waals surface area contributed by atoms with Gasteiger partial charge in [-0.3, -0.25) is 4.79 Å². The summed E-state index contributed by atoms with van der Waals surface area (Å²) in [6.45, 7) is 1.79. The Morgan fingerprint density at radius 3 is 2.56 bits per heavy atom. The normalized spacial score (nSPS) is 14.8. The Kier molecular flexibility index (Phi) is 4.09. The van der Waals surface area contributed by atoms with Crippen molar-refractivity contribution < 1.29 is 4.79 Å². The highest BCUT2D eigenvalue weighted by Crippen LogP contribution is 2.21. The van der Waals surface area contributed by atoms with E-state index in [1.54, 1.807) is 4.52 Å². The van der Waals surface area contributed by atoms with Crippen molar-refractivity contribution in [1.29, 1.82) is 0 Å². The molecular formula is C19H21N5O. The third-order valence-corrected chi connectivity index (χ3v) is 4.69. The van der Waals surface area contributed by atoms with Gasteiger partial charge in [-0.05, 0) is 37.0 Å². The monoisotopic (exact) mass is 335 g/mol. The molecule has 0 bridgehead atoms. The smallest absolute Gasteiger partial charge is 0.240 e. The van der Waals surface area contributed by atoms with Crippen LogP contribution in [0.3, 0.4) is 0 Å². The van der Waals surface area contributed by atoms with Gasteiger partial charge in [0.2, 0.25) is 11.9 Å². The zero-order valence-corrected chi connectivity index (χ0v) is 14.1. The number of rotatable bonds is 3. The molecule has 2 aromatic heterocycles. The summed E-state index contributed by atoms with van der Waals surface area (Å²) >= 11 is 0. The first kappa shape index (κ1) is 15.6. The minimum atomic E-state index is 0.221. The third-order valence-electron chi connectivity index (χ3n) is 4.69. The number of amides is 1. The zero-order chi connectivity index (χ0) is 17.2. The Labute approximate surface area is 146 Å². The molecule has 0 aliphatic carbocycles. The molecule has 1 aliphatic rings. The van der Waals surface area contributed by atoms with Crippen molar-refractivity contribution in [2.75, 3.05) is 18.8 Å². The molecule has 3 heterocycles. The number of carbonyl (C=O) groups excluding carboxylic acids is 1. The largest absolute Gasteiger partial charge is 0.366 e. The number of carbonyl (C=O) groups is 1. The molecule has 0 spiro atoms. The first-order chi connectivity index (χ1) is 12.2. The second-order valence-corrected chi connectivity index (χ2v) is 6.47. The van der Waals surface area contributed by atoms with E-state index in [1.165, 1.54) is 6.42 Å². The number of benzene rings is 1. The number of aromatic nitrogens is 3. The van der Waals surface area contributed by atoms with Crippen molar-refractivity contribution >= 4 is 17.5 Å². The minimum absolute atomic E-state index is 0.221. The predicted octanol–water partition coefficient (Wildman–Crippen LogP) is 2.53. The summed E-state index contributed by atoms with van der Waals surface area (Å²) in [5, 5.41) is 4.24. The Bertz CT molecular complexity index is 894.